The Morgan fingerprint density at radius 3 is 2.62 bits per heavy atom. The van der Waals surface area contributed by atoms with Crippen LogP contribution in [0.25, 0.3) is 5.69 Å². The van der Waals surface area contributed by atoms with Crippen LogP contribution in [-0.2, 0) is 9.53 Å². The number of benzene rings is 1. The van der Waals surface area contributed by atoms with E-state index in [-0.39, 0.29) is 12.5 Å². The molecule has 0 unspecified atom stereocenters. The summed E-state index contributed by atoms with van der Waals surface area (Å²) in [5.41, 5.74) is 2.16. The number of ether oxygens (including phenoxy) is 1. The molecule has 26 heavy (non-hydrogen) atoms. The number of aryl methyl sites for hydroxylation is 1. The summed E-state index contributed by atoms with van der Waals surface area (Å²) in [6.07, 6.45) is 2.31. The molecule has 138 valence electrons. The third-order valence-electron chi connectivity index (χ3n) is 5.09. The lowest BCUT2D eigenvalue weighted by Gasteiger charge is -2.33. The third kappa shape index (κ3) is 3.35. The standard InChI is InChI=1S/C19H23N3O4/c1-13-5-3-4-6-16(13)22-14(2)15(11-21-22)17(23)20-12-19(18(24)25)7-9-26-10-8-19/h3-6,11H,7-10,12H2,1-2H3,(H,20,23)(H,24,25). The van der Waals surface area contributed by atoms with Crippen LogP contribution < -0.4 is 5.32 Å². The number of carboxylic acid groups (broad SMARTS) is 1. The van der Waals surface area contributed by atoms with Crippen molar-refractivity contribution >= 4 is 11.9 Å². The minimum atomic E-state index is -0.964. The van der Waals surface area contributed by atoms with Crippen LogP contribution in [0.5, 0.6) is 0 Å². The average Bonchev–Trinajstić information content (AvgIpc) is 3.02. The Labute approximate surface area is 152 Å². The summed E-state index contributed by atoms with van der Waals surface area (Å²) < 4.78 is 6.99. The summed E-state index contributed by atoms with van der Waals surface area (Å²) in [7, 11) is 0. The molecule has 1 aromatic heterocycles. The SMILES string of the molecule is Cc1ccccc1-n1ncc(C(=O)NCC2(C(=O)O)CCOCC2)c1C. The molecule has 0 spiro atoms. The van der Waals surface area contributed by atoms with Gasteiger partial charge in [0.15, 0.2) is 0 Å². The first-order valence-electron chi connectivity index (χ1n) is 8.64. The second-order valence-electron chi connectivity index (χ2n) is 6.72. The highest BCUT2D eigenvalue weighted by atomic mass is 16.5. The number of nitrogens with one attached hydrogen (secondary N) is 1. The van der Waals surface area contributed by atoms with Crippen molar-refractivity contribution in [1.82, 2.24) is 15.1 Å². The van der Waals surface area contributed by atoms with Crippen molar-refractivity contribution in [3.8, 4) is 5.69 Å². The number of carboxylic acids is 1. The topological polar surface area (TPSA) is 93.5 Å². The molecule has 1 aliphatic rings. The summed E-state index contributed by atoms with van der Waals surface area (Å²) in [5, 5.41) is 16.7. The van der Waals surface area contributed by atoms with E-state index in [1.807, 2.05) is 38.1 Å². The number of rotatable bonds is 5. The molecule has 1 saturated heterocycles. The molecule has 0 bridgehead atoms. The molecule has 1 aromatic carbocycles. The molecule has 2 heterocycles. The summed E-state index contributed by atoms with van der Waals surface area (Å²) >= 11 is 0. The molecule has 0 saturated carbocycles. The fourth-order valence-corrected chi connectivity index (χ4v) is 3.25. The Bertz CT molecular complexity index is 822. The number of aliphatic carboxylic acids is 1. The summed E-state index contributed by atoms with van der Waals surface area (Å²) in [4.78, 5) is 24.3. The van der Waals surface area contributed by atoms with Crippen molar-refractivity contribution < 1.29 is 19.4 Å². The van der Waals surface area contributed by atoms with Gasteiger partial charge in [0.05, 0.1) is 28.6 Å². The van der Waals surface area contributed by atoms with Crippen LogP contribution in [0.2, 0.25) is 0 Å². The maximum absolute atomic E-state index is 12.6. The molecule has 0 atom stereocenters. The van der Waals surface area contributed by atoms with Gasteiger partial charge in [-0.3, -0.25) is 9.59 Å². The van der Waals surface area contributed by atoms with Crippen molar-refractivity contribution in [2.24, 2.45) is 5.41 Å². The van der Waals surface area contributed by atoms with Gasteiger partial charge in [0, 0.05) is 19.8 Å². The van der Waals surface area contributed by atoms with Crippen LogP contribution in [0.1, 0.15) is 34.5 Å². The fourth-order valence-electron chi connectivity index (χ4n) is 3.25. The zero-order valence-corrected chi connectivity index (χ0v) is 15.0. The van der Waals surface area contributed by atoms with Crippen molar-refractivity contribution in [2.45, 2.75) is 26.7 Å². The molecule has 0 aliphatic carbocycles. The van der Waals surface area contributed by atoms with Crippen molar-refractivity contribution in [2.75, 3.05) is 19.8 Å². The summed E-state index contributed by atoms with van der Waals surface area (Å²) in [5.74, 6) is -1.21. The smallest absolute Gasteiger partial charge is 0.311 e. The summed E-state index contributed by atoms with van der Waals surface area (Å²) in [6.45, 7) is 4.69. The summed E-state index contributed by atoms with van der Waals surface area (Å²) in [6, 6.07) is 7.80. The number of hydrogen-bond donors (Lipinski definition) is 2. The molecule has 0 radical (unpaired) electrons. The monoisotopic (exact) mass is 357 g/mol. The van der Waals surface area contributed by atoms with Gasteiger partial charge in [-0.25, -0.2) is 4.68 Å². The predicted octanol–water partition coefficient (Wildman–Crippen LogP) is 2.10. The number of amides is 1. The molecular formula is C19H23N3O4. The van der Waals surface area contributed by atoms with Gasteiger partial charge in [-0.15, -0.1) is 0 Å². The quantitative estimate of drug-likeness (QED) is 0.855. The van der Waals surface area contributed by atoms with Crippen LogP contribution >= 0.6 is 0 Å². The Morgan fingerprint density at radius 1 is 1.27 bits per heavy atom. The number of para-hydroxylation sites is 1. The van der Waals surface area contributed by atoms with Gasteiger partial charge >= 0.3 is 5.97 Å². The van der Waals surface area contributed by atoms with Crippen molar-refractivity contribution in [3.63, 3.8) is 0 Å². The highest BCUT2D eigenvalue weighted by Gasteiger charge is 2.40. The zero-order chi connectivity index (χ0) is 18.7. The minimum absolute atomic E-state index is 0.0828. The number of aromatic nitrogens is 2. The van der Waals surface area contributed by atoms with E-state index in [0.717, 1.165) is 11.3 Å². The first-order chi connectivity index (χ1) is 12.4. The van der Waals surface area contributed by atoms with Gasteiger partial charge in [-0.1, -0.05) is 18.2 Å². The van der Waals surface area contributed by atoms with E-state index in [4.69, 9.17) is 4.74 Å². The van der Waals surface area contributed by atoms with E-state index in [0.29, 0.717) is 37.3 Å². The van der Waals surface area contributed by atoms with Crippen molar-refractivity contribution in [3.05, 3.63) is 47.3 Å². The van der Waals surface area contributed by atoms with Gasteiger partial charge in [0.1, 0.15) is 0 Å². The van der Waals surface area contributed by atoms with E-state index in [1.54, 1.807) is 4.68 Å². The molecular weight excluding hydrogens is 334 g/mol. The number of carbonyl (C=O) groups is 2. The maximum atomic E-state index is 12.6. The predicted molar refractivity (Wildman–Crippen MR) is 95.5 cm³/mol. The molecule has 1 fully saturated rings. The van der Waals surface area contributed by atoms with Gasteiger partial charge in [-0.2, -0.15) is 5.10 Å². The minimum Gasteiger partial charge on any atom is -0.481 e. The van der Waals surface area contributed by atoms with E-state index in [2.05, 4.69) is 10.4 Å². The van der Waals surface area contributed by atoms with Gasteiger partial charge in [0.25, 0.3) is 5.91 Å². The highest BCUT2D eigenvalue weighted by molar-refractivity contribution is 5.95. The average molecular weight is 357 g/mol. The molecule has 7 nitrogen and oxygen atoms in total. The lowest BCUT2D eigenvalue weighted by atomic mass is 9.80. The molecule has 2 N–H and O–H groups in total. The van der Waals surface area contributed by atoms with Crippen LogP contribution in [-0.4, -0.2) is 46.5 Å². The fraction of sp³-hybridized carbons (Fsp3) is 0.421. The van der Waals surface area contributed by atoms with Gasteiger partial charge in [-0.05, 0) is 38.3 Å². The number of carbonyl (C=O) groups excluding carboxylic acids is 1. The third-order valence-corrected chi connectivity index (χ3v) is 5.09. The molecule has 3 rings (SSSR count). The second-order valence-corrected chi connectivity index (χ2v) is 6.72. The van der Waals surface area contributed by atoms with E-state index >= 15 is 0 Å². The maximum Gasteiger partial charge on any atom is 0.311 e. The lowest BCUT2D eigenvalue weighted by Crippen LogP contribution is -2.46. The Kier molecular flexibility index (Phi) is 5.08. The van der Waals surface area contributed by atoms with E-state index in [1.165, 1.54) is 6.20 Å². The molecule has 1 amide bonds. The van der Waals surface area contributed by atoms with Gasteiger partial charge < -0.3 is 15.2 Å². The van der Waals surface area contributed by atoms with Crippen LogP contribution in [0, 0.1) is 19.3 Å². The number of hydrogen-bond acceptors (Lipinski definition) is 4. The van der Waals surface area contributed by atoms with Crippen LogP contribution in [0.3, 0.4) is 0 Å². The first-order valence-corrected chi connectivity index (χ1v) is 8.64. The van der Waals surface area contributed by atoms with Crippen LogP contribution in [0.4, 0.5) is 0 Å². The van der Waals surface area contributed by atoms with Crippen LogP contribution in [0.15, 0.2) is 30.5 Å². The zero-order valence-electron chi connectivity index (χ0n) is 15.0. The second kappa shape index (κ2) is 7.29. The van der Waals surface area contributed by atoms with E-state index < -0.39 is 11.4 Å². The molecule has 7 heteroatoms. The lowest BCUT2D eigenvalue weighted by molar-refractivity contribution is -0.154. The first kappa shape index (κ1) is 18.1. The van der Waals surface area contributed by atoms with E-state index in [9.17, 15) is 14.7 Å². The van der Waals surface area contributed by atoms with Crippen molar-refractivity contribution in [1.29, 1.82) is 0 Å². The highest BCUT2D eigenvalue weighted by Crippen LogP contribution is 2.30. The largest absolute Gasteiger partial charge is 0.481 e. The van der Waals surface area contributed by atoms with Gasteiger partial charge in [0.2, 0.25) is 0 Å². The Balaban J connectivity index is 1.77. The Hall–Kier alpha value is -2.67. The normalized spacial score (nSPS) is 16.2. The number of nitrogens with zero attached hydrogens (tertiary/aromatic N) is 2. The Morgan fingerprint density at radius 2 is 1.96 bits per heavy atom. The molecule has 2 aromatic rings. The molecule has 1 aliphatic heterocycles.